The van der Waals surface area contributed by atoms with Crippen molar-refractivity contribution in [2.45, 2.75) is 110 Å². The van der Waals surface area contributed by atoms with Crippen LogP contribution in [0.2, 0.25) is 0 Å². The van der Waals surface area contributed by atoms with E-state index in [-0.39, 0.29) is 31.8 Å². The lowest BCUT2D eigenvalue weighted by Gasteiger charge is -2.31. The molecule has 0 aliphatic carbocycles. The van der Waals surface area contributed by atoms with Crippen molar-refractivity contribution in [1.29, 1.82) is 0 Å². The van der Waals surface area contributed by atoms with E-state index in [0.717, 1.165) is 10.5 Å². The van der Waals surface area contributed by atoms with Crippen LogP contribution in [0.1, 0.15) is 78.4 Å². The molecule has 2 fully saturated rings. The van der Waals surface area contributed by atoms with E-state index in [4.69, 9.17) is 0 Å². The second-order valence-electron chi connectivity index (χ2n) is 15.8. The predicted molar refractivity (Wildman–Crippen MR) is 209 cm³/mol. The Hall–Kier alpha value is -6.00. The van der Waals surface area contributed by atoms with Gasteiger partial charge in [0.2, 0.25) is 17.7 Å². The molecule has 17 heteroatoms. The van der Waals surface area contributed by atoms with Crippen molar-refractivity contribution in [3.63, 3.8) is 0 Å². The largest absolute Gasteiger partial charge is 0.481 e. The normalized spacial score (nSPS) is 18.0. The molecule has 2 unspecified atom stereocenters. The first-order valence-electron chi connectivity index (χ1n) is 19.0. The van der Waals surface area contributed by atoms with E-state index < -0.39 is 89.7 Å². The van der Waals surface area contributed by atoms with E-state index in [1.54, 1.807) is 71.9 Å². The molecule has 17 nitrogen and oxygen atoms in total. The number of anilines is 2. The van der Waals surface area contributed by atoms with Crippen LogP contribution in [0.4, 0.5) is 21.0 Å². The third-order valence-corrected chi connectivity index (χ3v) is 10.2. The van der Waals surface area contributed by atoms with Crippen LogP contribution < -0.4 is 21.3 Å². The summed E-state index contributed by atoms with van der Waals surface area (Å²) in [5.74, 6) is -6.66. The van der Waals surface area contributed by atoms with Crippen LogP contribution in [0.3, 0.4) is 0 Å². The molecule has 0 spiro atoms. The molecule has 2 aromatic carbocycles. The number of para-hydroxylation sites is 1. The fourth-order valence-corrected chi connectivity index (χ4v) is 6.94. The number of imide groups is 1. The molecule has 4 atom stereocenters. The van der Waals surface area contributed by atoms with Gasteiger partial charge in [-0.15, -0.1) is 0 Å². The van der Waals surface area contributed by atoms with E-state index >= 15 is 0 Å². The zero-order valence-corrected chi connectivity index (χ0v) is 33.3. The van der Waals surface area contributed by atoms with Gasteiger partial charge in [-0.25, -0.2) is 19.3 Å². The lowest BCUT2D eigenvalue weighted by atomic mass is 9.98. The van der Waals surface area contributed by atoms with Crippen molar-refractivity contribution >= 4 is 59.0 Å². The van der Waals surface area contributed by atoms with Gasteiger partial charge in [-0.3, -0.25) is 24.0 Å². The summed E-state index contributed by atoms with van der Waals surface area (Å²) in [4.78, 5) is 109. The van der Waals surface area contributed by atoms with Gasteiger partial charge in [0.25, 0.3) is 5.91 Å². The number of carboxylic acid groups (broad SMARTS) is 2. The SMILES string of the molecule is Cc1ccccc1NC(=O)Nc1ccc(CN2C(=O)N([C@@H](CC(C)C)C(=O)N[C@@H](CC(=O)O)C(=O)NC(C(=O)N3CCCC3C(=O)O)C(C)C)C(=O)C2(C)C)cc1. The minimum atomic E-state index is -1.71. The third-order valence-electron chi connectivity index (χ3n) is 10.2. The van der Waals surface area contributed by atoms with Gasteiger partial charge in [-0.05, 0) is 81.2 Å². The topological polar surface area (TPSA) is 235 Å². The van der Waals surface area contributed by atoms with Crippen molar-refractivity contribution in [1.82, 2.24) is 25.3 Å². The van der Waals surface area contributed by atoms with Gasteiger partial charge in [0, 0.05) is 24.5 Å². The molecule has 308 valence electrons. The average Bonchev–Trinajstić information content (AvgIpc) is 3.69. The molecule has 2 aliphatic heterocycles. The summed E-state index contributed by atoms with van der Waals surface area (Å²) < 4.78 is 0. The minimum absolute atomic E-state index is 0.0157. The molecule has 4 rings (SSSR count). The number of benzene rings is 2. The number of aryl methyl sites for hydroxylation is 1. The number of hydrogen-bond acceptors (Lipinski definition) is 8. The molecule has 0 radical (unpaired) electrons. The maximum atomic E-state index is 14.1. The first-order chi connectivity index (χ1) is 26.7. The number of nitrogens with one attached hydrogen (secondary N) is 4. The maximum absolute atomic E-state index is 14.1. The molecule has 6 N–H and O–H groups in total. The maximum Gasteiger partial charge on any atom is 0.328 e. The second kappa shape index (κ2) is 18.3. The Kier molecular flexibility index (Phi) is 14.0. The number of carbonyl (C=O) groups is 8. The highest BCUT2D eigenvalue weighted by molar-refractivity contribution is 6.10. The molecule has 8 amide bonds. The molecular formula is C40H53N7O10. The van der Waals surface area contributed by atoms with Crippen LogP contribution in [0.25, 0.3) is 0 Å². The van der Waals surface area contributed by atoms with E-state index in [1.807, 2.05) is 25.1 Å². The van der Waals surface area contributed by atoms with Crippen molar-refractivity contribution in [2.75, 3.05) is 17.2 Å². The fraction of sp³-hybridized carbons (Fsp3) is 0.500. The van der Waals surface area contributed by atoms with Gasteiger partial charge in [-0.1, -0.05) is 58.0 Å². The van der Waals surface area contributed by atoms with E-state index in [9.17, 15) is 48.6 Å². The van der Waals surface area contributed by atoms with Crippen LogP contribution in [-0.4, -0.2) is 109 Å². The predicted octanol–water partition coefficient (Wildman–Crippen LogP) is 3.77. The number of urea groups is 2. The number of likely N-dealkylation sites (tertiary alicyclic amines) is 1. The molecule has 57 heavy (non-hydrogen) atoms. The Balaban J connectivity index is 1.50. The zero-order valence-electron chi connectivity index (χ0n) is 33.3. The van der Waals surface area contributed by atoms with Crippen LogP contribution in [0.15, 0.2) is 48.5 Å². The van der Waals surface area contributed by atoms with Crippen LogP contribution in [0, 0.1) is 18.8 Å². The van der Waals surface area contributed by atoms with E-state index in [2.05, 4.69) is 21.3 Å². The average molecular weight is 792 g/mol. The standard InChI is InChI=1S/C40H53N7O10/c1-22(2)19-30(34(51)42-28(20-31(48)49)33(50)44-32(23(3)4)35(52)45-18-10-13-29(45)36(53)54)47-37(55)40(6,7)46(39(47)57)21-25-14-16-26(17-15-25)41-38(56)43-27-12-9-8-11-24(27)5/h8-9,11-12,14-17,22-23,28-30,32H,10,13,18-21H2,1-7H3,(H,42,51)(H,44,50)(H,48,49)(H,53,54)(H2,41,43,56)/t28-,29?,30-,32?/m0/s1. The first-order valence-corrected chi connectivity index (χ1v) is 19.0. The number of aliphatic carboxylic acids is 2. The molecule has 2 heterocycles. The molecule has 0 bridgehead atoms. The van der Waals surface area contributed by atoms with Gasteiger partial charge >= 0.3 is 24.0 Å². The number of carboxylic acids is 2. The summed E-state index contributed by atoms with van der Waals surface area (Å²) in [6, 6.07) is 7.33. The Labute approximate surface area is 331 Å². The summed E-state index contributed by atoms with van der Waals surface area (Å²) in [6.07, 6.45) is -0.198. The summed E-state index contributed by atoms with van der Waals surface area (Å²) in [6.45, 7) is 11.9. The summed E-state index contributed by atoms with van der Waals surface area (Å²) >= 11 is 0. The number of carbonyl (C=O) groups excluding carboxylic acids is 6. The molecule has 2 aliphatic rings. The Morgan fingerprint density at radius 3 is 2.11 bits per heavy atom. The molecule has 2 saturated heterocycles. The summed E-state index contributed by atoms with van der Waals surface area (Å²) in [5.41, 5.74) is 1.23. The Bertz CT molecular complexity index is 1880. The quantitative estimate of drug-likeness (QED) is 0.135. The highest BCUT2D eigenvalue weighted by atomic mass is 16.4. The van der Waals surface area contributed by atoms with Gasteiger partial charge < -0.3 is 41.3 Å². The number of amides is 8. The number of rotatable bonds is 16. The second-order valence-corrected chi connectivity index (χ2v) is 15.8. The van der Waals surface area contributed by atoms with Crippen molar-refractivity contribution in [2.24, 2.45) is 11.8 Å². The van der Waals surface area contributed by atoms with Crippen molar-refractivity contribution in [3.8, 4) is 0 Å². The minimum Gasteiger partial charge on any atom is -0.481 e. The smallest absolute Gasteiger partial charge is 0.328 e. The summed E-state index contributed by atoms with van der Waals surface area (Å²) in [5, 5.41) is 29.8. The van der Waals surface area contributed by atoms with Gasteiger partial charge in [0.1, 0.15) is 29.7 Å². The van der Waals surface area contributed by atoms with Crippen molar-refractivity contribution in [3.05, 3.63) is 59.7 Å². The first kappa shape index (κ1) is 43.7. The van der Waals surface area contributed by atoms with E-state index in [1.165, 1.54) is 9.80 Å². The molecule has 0 aromatic heterocycles. The zero-order chi connectivity index (χ0) is 42.4. The third kappa shape index (κ3) is 10.4. The molecule has 0 saturated carbocycles. The number of hydrogen-bond donors (Lipinski definition) is 6. The lowest BCUT2D eigenvalue weighted by Crippen LogP contribution is -2.60. The summed E-state index contributed by atoms with van der Waals surface area (Å²) in [7, 11) is 0. The van der Waals surface area contributed by atoms with Crippen LogP contribution in [0.5, 0.6) is 0 Å². The molecule has 2 aromatic rings. The lowest BCUT2D eigenvalue weighted by molar-refractivity contribution is -0.150. The molecular weight excluding hydrogens is 738 g/mol. The van der Waals surface area contributed by atoms with Crippen LogP contribution in [-0.2, 0) is 35.3 Å². The fourth-order valence-electron chi connectivity index (χ4n) is 6.94. The highest BCUT2D eigenvalue weighted by Crippen LogP contribution is 2.33. The van der Waals surface area contributed by atoms with Gasteiger partial charge in [0.15, 0.2) is 0 Å². The van der Waals surface area contributed by atoms with Crippen LogP contribution >= 0.6 is 0 Å². The number of nitrogens with zero attached hydrogens (tertiary/aromatic N) is 3. The Morgan fingerprint density at radius 2 is 1.53 bits per heavy atom. The van der Waals surface area contributed by atoms with Gasteiger partial charge in [0.05, 0.1) is 6.42 Å². The Morgan fingerprint density at radius 1 is 0.877 bits per heavy atom. The van der Waals surface area contributed by atoms with E-state index in [0.29, 0.717) is 23.4 Å². The van der Waals surface area contributed by atoms with Crippen molar-refractivity contribution < 1.29 is 48.6 Å². The highest BCUT2D eigenvalue weighted by Gasteiger charge is 2.55. The van der Waals surface area contributed by atoms with Gasteiger partial charge in [-0.2, -0.15) is 0 Å². The monoisotopic (exact) mass is 791 g/mol.